The Bertz CT molecular complexity index is 469. The molecule has 1 aromatic carbocycles. The Balaban J connectivity index is 2.41. The maximum Gasteiger partial charge on any atom is 0.139 e. The SMILES string of the molecule is NC(c1ccccc1I)c1occc1Br. The van der Waals surface area contributed by atoms with Crippen molar-refractivity contribution in [2.75, 3.05) is 0 Å². The van der Waals surface area contributed by atoms with Crippen LogP contribution < -0.4 is 5.73 Å². The lowest BCUT2D eigenvalue weighted by atomic mass is 10.1. The molecule has 1 atom stereocenters. The standard InChI is InChI=1S/C11H9BrINO/c12-8-5-6-15-11(8)10(14)7-3-1-2-4-9(7)13/h1-6,10H,14H2. The van der Waals surface area contributed by atoms with E-state index < -0.39 is 0 Å². The molecule has 0 radical (unpaired) electrons. The molecule has 2 rings (SSSR count). The molecular formula is C11H9BrINO. The highest BCUT2D eigenvalue weighted by Gasteiger charge is 2.17. The monoisotopic (exact) mass is 377 g/mol. The van der Waals surface area contributed by atoms with E-state index in [1.807, 2.05) is 30.3 Å². The Kier molecular flexibility index (Phi) is 3.48. The van der Waals surface area contributed by atoms with E-state index >= 15 is 0 Å². The average molecular weight is 378 g/mol. The van der Waals surface area contributed by atoms with Crippen molar-refractivity contribution < 1.29 is 4.42 Å². The van der Waals surface area contributed by atoms with Gasteiger partial charge in [0.1, 0.15) is 5.76 Å². The first-order valence-electron chi connectivity index (χ1n) is 4.43. The van der Waals surface area contributed by atoms with E-state index in [4.69, 9.17) is 10.2 Å². The van der Waals surface area contributed by atoms with Crippen LogP contribution >= 0.6 is 38.5 Å². The summed E-state index contributed by atoms with van der Waals surface area (Å²) in [6, 6.07) is 9.66. The molecule has 0 aliphatic rings. The van der Waals surface area contributed by atoms with Crippen LogP contribution in [0.25, 0.3) is 0 Å². The number of halogens is 2. The number of rotatable bonds is 2. The molecule has 4 heteroatoms. The van der Waals surface area contributed by atoms with Gasteiger partial charge in [-0.3, -0.25) is 0 Å². The molecule has 15 heavy (non-hydrogen) atoms. The van der Waals surface area contributed by atoms with Crippen LogP contribution in [0, 0.1) is 3.57 Å². The van der Waals surface area contributed by atoms with E-state index in [9.17, 15) is 0 Å². The lowest BCUT2D eigenvalue weighted by Gasteiger charge is -2.11. The van der Waals surface area contributed by atoms with Crippen LogP contribution in [-0.4, -0.2) is 0 Å². The summed E-state index contributed by atoms with van der Waals surface area (Å²) in [5, 5.41) is 0. The highest BCUT2D eigenvalue weighted by Crippen LogP contribution is 2.29. The van der Waals surface area contributed by atoms with Crippen molar-refractivity contribution in [3.05, 3.63) is 56.0 Å². The van der Waals surface area contributed by atoms with Gasteiger partial charge in [0.05, 0.1) is 16.8 Å². The van der Waals surface area contributed by atoms with Crippen LogP contribution in [0.5, 0.6) is 0 Å². The second-order valence-corrected chi connectivity index (χ2v) is 5.15. The van der Waals surface area contributed by atoms with E-state index in [1.54, 1.807) is 6.26 Å². The van der Waals surface area contributed by atoms with E-state index in [-0.39, 0.29) is 6.04 Å². The molecular weight excluding hydrogens is 369 g/mol. The van der Waals surface area contributed by atoms with Gasteiger partial charge in [-0.2, -0.15) is 0 Å². The van der Waals surface area contributed by atoms with Gasteiger partial charge in [0.2, 0.25) is 0 Å². The molecule has 2 aromatic rings. The highest BCUT2D eigenvalue weighted by molar-refractivity contribution is 14.1. The summed E-state index contributed by atoms with van der Waals surface area (Å²) in [7, 11) is 0. The summed E-state index contributed by atoms with van der Waals surface area (Å²) in [6.45, 7) is 0. The fourth-order valence-electron chi connectivity index (χ4n) is 1.40. The van der Waals surface area contributed by atoms with Gasteiger partial charge in [-0.05, 0) is 56.2 Å². The first kappa shape index (κ1) is 11.2. The molecule has 0 aliphatic heterocycles. The van der Waals surface area contributed by atoms with Crippen molar-refractivity contribution in [1.82, 2.24) is 0 Å². The molecule has 78 valence electrons. The van der Waals surface area contributed by atoms with Gasteiger partial charge in [-0.25, -0.2) is 0 Å². The van der Waals surface area contributed by atoms with Gasteiger partial charge in [-0.1, -0.05) is 18.2 Å². The summed E-state index contributed by atoms with van der Waals surface area (Å²) < 4.78 is 7.42. The summed E-state index contributed by atoms with van der Waals surface area (Å²) >= 11 is 5.69. The van der Waals surface area contributed by atoms with Crippen LogP contribution in [0.3, 0.4) is 0 Å². The number of hydrogen-bond donors (Lipinski definition) is 1. The predicted molar refractivity (Wildman–Crippen MR) is 71.6 cm³/mol. The van der Waals surface area contributed by atoms with Crippen molar-refractivity contribution in [2.45, 2.75) is 6.04 Å². The zero-order chi connectivity index (χ0) is 10.8. The third-order valence-electron chi connectivity index (χ3n) is 2.17. The van der Waals surface area contributed by atoms with Crippen LogP contribution in [0.1, 0.15) is 17.4 Å². The van der Waals surface area contributed by atoms with Crippen molar-refractivity contribution in [3.63, 3.8) is 0 Å². The van der Waals surface area contributed by atoms with Crippen LogP contribution in [0.15, 0.2) is 45.5 Å². The Labute approximate surface area is 110 Å². The van der Waals surface area contributed by atoms with Gasteiger partial charge >= 0.3 is 0 Å². The summed E-state index contributed by atoms with van der Waals surface area (Å²) in [5.41, 5.74) is 7.21. The van der Waals surface area contributed by atoms with Gasteiger partial charge in [-0.15, -0.1) is 0 Å². The van der Waals surface area contributed by atoms with Crippen LogP contribution in [-0.2, 0) is 0 Å². The zero-order valence-corrected chi connectivity index (χ0v) is 11.5. The maximum atomic E-state index is 6.13. The fraction of sp³-hybridized carbons (Fsp3) is 0.0909. The van der Waals surface area contributed by atoms with Crippen LogP contribution in [0.2, 0.25) is 0 Å². The van der Waals surface area contributed by atoms with E-state index in [0.29, 0.717) is 0 Å². The van der Waals surface area contributed by atoms with E-state index in [2.05, 4.69) is 38.5 Å². The minimum Gasteiger partial charge on any atom is -0.466 e. The topological polar surface area (TPSA) is 39.2 Å². The Morgan fingerprint density at radius 2 is 2.00 bits per heavy atom. The molecule has 0 aliphatic carbocycles. The number of benzene rings is 1. The molecule has 1 heterocycles. The lowest BCUT2D eigenvalue weighted by Crippen LogP contribution is -2.12. The third kappa shape index (κ3) is 2.26. The van der Waals surface area contributed by atoms with Gasteiger partial charge in [0.15, 0.2) is 0 Å². The molecule has 0 saturated carbocycles. The lowest BCUT2D eigenvalue weighted by molar-refractivity contribution is 0.487. The molecule has 1 unspecified atom stereocenters. The number of nitrogens with two attached hydrogens (primary N) is 1. The molecule has 0 saturated heterocycles. The number of hydrogen-bond acceptors (Lipinski definition) is 2. The van der Waals surface area contributed by atoms with E-state index in [0.717, 1.165) is 19.4 Å². The number of furan rings is 1. The zero-order valence-electron chi connectivity index (χ0n) is 7.78. The molecule has 0 fully saturated rings. The Hall–Kier alpha value is -0.330. The van der Waals surface area contributed by atoms with Gasteiger partial charge in [0, 0.05) is 3.57 Å². The normalized spacial score (nSPS) is 12.7. The van der Waals surface area contributed by atoms with Crippen molar-refractivity contribution in [1.29, 1.82) is 0 Å². The first-order chi connectivity index (χ1) is 7.20. The second-order valence-electron chi connectivity index (χ2n) is 3.13. The van der Waals surface area contributed by atoms with Gasteiger partial charge < -0.3 is 10.2 Å². The molecule has 0 spiro atoms. The minimum absolute atomic E-state index is 0.220. The third-order valence-corrected chi connectivity index (χ3v) is 3.81. The van der Waals surface area contributed by atoms with E-state index in [1.165, 1.54) is 0 Å². The quantitative estimate of drug-likeness (QED) is 0.810. The maximum absolute atomic E-state index is 6.13. The summed E-state index contributed by atoms with van der Waals surface area (Å²) in [4.78, 5) is 0. The Morgan fingerprint density at radius 1 is 1.27 bits per heavy atom. The molecule has 0 amide bonds. The predicted octanol–water partition coefficient (Wildman–Crippen LogP) is 3.69. The first-order valence-corrected chi connectivity index (χ1v) is 6.30. The van der Waals surface area contributed by atoms with Crippen LogP contribution in [0.4, 0.5) is 0 Å². The van der Waals surface area contributed by atoms with Crippen molar-refractivity contribution >= 4 is 38.5 Å². The summed E-state index contributed by atoms with van der Waals surface area (Å²) in [6.07, 6.45) is 1.63. The molecule has 2 nitrogen and oxygen atoms in total. The average Bonchev–Trinajstić information content (AvgIpc) is 2.64. The Morgan fingerprint density at radius 3 is 2.60 bits per heavy atom. The smallest absolute Gasteiger partial charge is 0.139 e. The van der Waals surface area contributed by atoms with Crippen molar-refractivity contribution in [3.8, 4) is 0 Å². The highest BCUT2D eigenvalue weighted by atomic mass is 127. The molecule has 0 bridgehead atoms. The fourth-order valence-corrected chi connectivity index (χ4v) is 2.57. The second kappa shape index (κ2) is 4.67. The molecule has 2 N–H and O–H groups in total. The molecule has 1 aromatic heterocycles. The minimum atomic E-state index is -0.220. The largest absolute Gasteiger partial charge is 0.466 e. The van der Waals surface area contributed by atoms with Gasteiger partial charge in [0.25, 0.3) is 0 Å². The summed E-state index contributed by atoms with van der Waals surface area (Å²) in [5.74, 6) is 0.763. The van der Waals surface area contributed by atoms with Crippen molar-refractivity contribution in [2.24, 2.45) is 5.73 Å².